The fraction of sp³-hybridized carbons (Fsp3) is 0.360. The third-order valence-corrected chi connectivity index (χ3v) is 5.59. The maximum atomic E-state index is 13.8. The molecule has 0 radical (unpaired) electrons. The van der Waals surface area contributed by atoms with E-state index in [0.717, 1.165) is 41.3 Å². The maximum absolute atomic E-state index is 13.8. The van der Waals surface area contributed by atoms with E-state index in [-0.39, 0.29) is 24.2 Å². The van der Waals surface area contributed by atoms with Crippen LogP contribution in [-0.2, 0) is 4.79 Å². The zero-order valence-electron chi connectivity index (χ0n) is 19.1. The second kappa shape index (κ2) is 9.94. The summed E-state index contributed by atoms with van der Waals surface area (Å²) in [6, 6.07) is 12.0. The minimum atomic E-state index is -0.474. The molecular formula is C25H28FN5O2. The molecule has 1 amide bonds. The second-order valence-corrected chi connectivity index (χ2v) is 8.42. The van der Waals surface area contributed by atoms with Crippen LogP contribution in [0.5, 0.6) is 5.75 Å². The Balaban J connectivity index is 1.44. The van der Waals surface area contributed by atoms with Gasteiger partial charge in [0.05, 0.1) is 0 Å². The molecule has 0 saturated carbocycles. The highest BCUT2D eigenvalue weighted by Crippen LogP contribution is 2.29. The van der Waals surface area contributed by atoms with Crippen molar-refractivity contribution in [3.8, 4) is 5.75 Å². The number of nitrogens with zero attached hydrogens (tertiary/aromatic N) is 4. The fourth-order valence-electron chi connectivity index (χ4n) is 4.12. The van der Waals surface area contributed by atoms with Gasteiger partial charge in [0, 0.05) is 47.5 Å². The van der Waals surface area contributed by atoms with E-state index in [0.29, 0.717) is 19.0 Å². The molecule has 0 bridgehead atoms. The Kier molecular flexibility index (Phi) is 6.82. The normalized spacial score (nSPS) is 15.9. The summed E-state index contributed by atoms with van der Waals surface area (Å²) >= 11 is 0. The van der Waals surface area contributed by atoms with Gasteiger partial charge in [-0.15, -0.1) is 0 Å². The Morgan fingerprint density at radius 1 is 1.09 bits per heavy atom. The predicted octanol–water partition coefficient (Wildman–Crippen LogP) is 4.46. The number of aryl methyl sites for hydroxylation is 3. The Hall–Kier alpha value is -3.55. The van der Waals surface area contributed by atoms with E-state index < -0.39 is 5.82 Å². The first-order chi connectivity index (χ1) is 15.9. The number of halogens is 1. The number of ether oxygens (including phenoxy) is 1. The Bertz CT molecular complexity index is 1130. The Morgan fingerprint density at radius 3 is 2.58 bits per heavy atom. The SMILES string of the molecule is Cc1cc(Nc2nc(C)cc(C)n2)cc(C2CCCN(C(=O)COc3ccccc3F)C2)n1. The number of hydrogen-bond acceptors (Lipinski definition) is 6. The smallest absolute Gasteiger partial charge is 0.260 e. The summed E-state index contributed by atoms with van der Waals surface area (Å²) < 4.78 is 19.2. The fourth-order valence-corrected chi connectivity index (χ4v) is 4.12. The van der Waals surface area contributed by atoms with Crippen molar-refractivity contribution >= 4 is 17.5 Å². The number of carbonyl (C=O) groups is 1. The highest BCUT2D eigenvalue weighted by molar-refractivity contribution is 5.78. The van der Waals surface area contributed by atoms with E-state index in [1.165, 1.54) is 12.1 Å². The van der Waals surface area contributed by atoms with Crippen molar-refractivity contribution in [1.82, 2.24) is 19.9 Å². The summed E-state index contributed by atoms with van der Waals surface area (Å²) in [5.74, 6) is 0.117. The van der Waals surface area contributed by atoms with Gasteiger partial charge in [-0.05, 0) is 63.9 Å². The zero-order valence-corrected chi connectivity index (χ0v) is 19.1. The third kappa shape index (κ3) is 5.83. The lowest BCUT2D eigenvalue weighted by Gasteiger charge is -2.32. The molecule has 0 aliphatic carbocycles. The van der Waals surface area contributed by atoms with Gasteiger partial charge in [0.1, 0.15) is 0 Å². The van der Waals surface area contributed by atoms with Gasteiger partial charge in [-0.3, -0.25) is 9.78 Å². The Morgan fingerprint density at radius 2 is 1.82 bits per heavy atom. The van der Waals surface area contributed by atoms with Crippen molar-refractivity contribution in [1.29, 1.82) is 0 Å². The largest absolute Gasteiger partial charge is 0.481 e. The summed E-state index contributed by atoms with van der Waals surface area (Å²) in [7, 11) is 0. The van der Waals surface area contributed by atoms with Gasteiger partial charge >= 0.3 is 0 Å². The van der Waals surface area contributed by atoms with Crippen LogP contribution in [-0.4, -0.2) is 45.5 Å². The molecule has 1 atom stereocenters. The van der Waals surface area contributed by atoms with Crippen LogP contribution in [0, 0.1) is 26.6 Å². The number of amides is 1. The average Bonchev–Trinajstić information content (AvgIpc) is 2.77. The molecule has 1 unspecified atom stereocenters. The van der Waals surface area contributed by atoms with E-state index in [2.05, 4.69) is 15.3 Å². The quantitative estimate of drug-likeness (QED) is 0.598. The lowest BCUT2D eigenvalue weighted by molar-refractivity contribution is -0.134. The first kappa shape index (κ1) is 22.6. The number of likely N-dealkylation sites (tertiary alicyclic amines) is 1. The van der Waals surface area contributed by atoms with Gasteiger partial charge < -0.3 is 15.0 Å². The molecule has 33 heavy (non-hydrogen) atoms. The first-order valence-electron chi connectivity index (χ1n) is 11.1. The van der Waals surface area contributed by atoms with E-state index in [1.807, 2.05) is 39.0 Å². The van der Waals surface area contributed by atoms with Gasteiger partial charge in [0.2, 0.25) is 5.95 Å². The number of hydrogen-bond donors (Lipinski definition) is 1. The van der Waals surface area contributed by atoms with E-state index in [1.54, 1.807) is 17.0 Å². The van der Waals surface area contributed by atoms with Crippen molar-refractivity contribution < 1.29 is 13.9 Å². The van der Waals surface area contributed by atoms with Crippen molar-refractivity contribution in [3.63, 3.8) is 0 Å². The van der Waals surface area contributed by atoms with E-state index in [4.69, 9.17) is 9.72 Å². The van der Waals surface area contributed by atoms with Gasteiger partial charge in [0.15, 0.2) is 18.2 Å². The summed E-state index contributed by atoms with van der Waals surface area (Å²) in [6.07, 6.45) is 1.81. The Labute approximate surface area is 193 Å². The standard InChI is InChI=1S/C25H28FN5O2/c1-16-11-17(2)29-25(28-16)30-20-12-18(3)27-22(13-20)19-7-6-10-31(14-19)24(32)15-33-23-9-5-4-8-21(23)26/h4-5,8-9,11-13,19H,6-7,10,14-15H2,1-3H3,(H,27,28,29,30). The molecule has 1 saturated heterocycles. The molecule has 0 spiro atoms. The van der Waals surface area contributed by atoms with Crippen LogP contribution >= 0.6 is 0 Å². The van der Waals surface area contributed by atoms with Gasteiger partial charge in [0.25, 0.3) is 5.91 Å². The van der Waals surface area contributed by atoms with E-state index in [9.17, 15) is 9.18 Å². The number of anilines is 2. The molecule has 2 aromatic heterocycles. The van der Waals surface area contributed by atoms with Crippen LogP contribution in [0.3, 0.4) is 0 Å². The lowest BCUT2D eigenvalue weighted by Crippen LogP contribution is -2.41. The van der Waals surface area contributed by atoms with Crippen LogP contribution in [0.1, 0.15) is 41.5 Å². The van der Waals surface area contributed by atoms with Crippen LogP contribution < -0.4 is 10.1 Å². The molecule has 4 rings (SSSR count). The van der Waals surface area contributed by atoms with Gasteiger partial charge in [-0.25, -0.2) is 14.4 Å². The van der Waals surface area contributed by atoms with Gasteiger partial charge in [-0.2, -0.15) is 0 Å². The third-order valence-electron chi connectivity index (χ3n) is 5.59. The molecule has 3 aromatic rings. The number of pyridine rings is 1. The topological polar surface area (TPSA) is 80.2 Å². The van der Waals surface area contributed by atoms with Crippen molar-refractivity contribution in [3.05, 3.63) is 71.1 Å². The number of benzene rings is 1. The minimum absolute atomic E-state index is 0.0871. The maximum Gasteiger partial charge on any atom is 0.260 e. The highest BCUT2D eigenvalue weighted by Gasteiger charge is 2.26. The number of para-hydroxylation sites is 1. The van der Waals surface area contributed by atoms with Crippen molar-refractivity contribution in [2.45, 2.75) is 39.5 Å². The number of piperidine rings is 1. The van der Waals surface area contributed by atoms with E-state index >= 15 is 0 Å². The molecular weight excluding hydrogens is 421 g/mol. The molecule has 1 aliphatic rings. The van der Waals surface area contributed by atoms with Gasteiger partial charge in [-0.1, -0.05) is 12.1 Å². The summed E-state index contributed by atoms with van der Waals surface area (Å²) in [4.78, 5) is 28.1. The molecule has 1 aliphatic heterocycles. The van der Waals surface area contributed by atoms with Crippen molar-refractivity contribution in [2.75, 3.05) is 25.0 Å². The average molecular weight is 450 g/mol. The lowest BCUT2D eigenvalue weighted by atomic mass is 9.93. The molecule has 1 aromatic carbocycles. The number of nitrogens with one attached hydrogen (secondary N) is 1. The van der Waals surface area contributed by atoms with Crippen LogP contribution in [0.2, 0.25) is 0 Å². The number of carbonyl (C=O) groups excluding carboxylic acids is 1. The molecule has 8 heteroatoms. The second-order valence-electron chi connectivity index (χ2n) is 8.42. The predicted molar refractivity (Wildman–Crippen MR) is 124 cm³/mol. The monoisotopic (exact) mass is 449 g/mol. The molecule has 1 N–H and O–H groups in total. The zero-order chi connectivity index (χ0) is 23.4. The summed E-state index contributed by atoms with van der Waals surface area (Å²) in [5, 5.41) is 3.29. The first-order valence-corrected chi connectivity index (χ1v) is 11.1. The number of aromatic nitrogens is 3. The summed E-state index contributed by atoms with van der Waals surface area (Å²) in [5.41, 5.74) is 4.47. The summed E-state index contributed by atoms with van der Waals surface area (Å²) in [6.45, 7) is 6.84. The molecule has 1 fully saturated rings. The van der Waals surface area contributed by atoms with Crippen LogP contribution in [0.4, 0.5) is 16.0 Å². The molecule has 7 nitrogen and oxygen atoms in total. The van der Waals surface area contributed by atoms with Crippen LogP contribution in [0.15, 0.2) is 42.5 Å². The van der Waals surface area contributed by atoms with Crippen molar-refractivity contribution in [2.24, 2.45) is 0 Å². The highest BCUT2D eigenvalue weighted by atomic mass is 19.1. The molecule has 172 valence electrons. The number of rotatable bonds is 6. The molecule has 3 heterocycles. The minimum Gasteiger partial charge on any atom is -0.481 e. The van der Waals surface area contributed by atoms with Crippen LogP contribution in [0.25, 0.3) is 0 Å².